The Morgan fingerprint density at radius 2 is 1.94 bits per heavy atom. The maximum Gasteiger partial charge on any atom is 0.0310 e. The van der Waals surface area contributed by atoms with E-state index in [2.05, 4.69) is 35.8 Å². The fourth-order valence-electron chi connectivity index (χ4n) is 3.26. The van der Waals surface area contributed by atoms with E-state index >= 15 is 0 Å². The molecule has 2 aliphatic rings. The minimum absolute atomic E-state index is 0.339. The first-order valence-corrected chi connectivity index (χ1v) is 6.87. The molecule has 17 heavy (non-hydrogen) atoms. The van der Waals surface area contributed by atoms with Crippen LogP contribution in [0.4, 0.5) is 0 Å². The third-order valence-corrected chi connectivity index (χ3v) is 4.80. The summed E-state index contributed by atoms with van der Waals surface area (Å²) in [4.78, 5) is 0. The third kappa shape index (κ3) is 2.00. The van der Waals surface area contributed by atoms with Gasteiger partial charge in [-0.05, 0) is 30.7 Å². The molecule has 0 aliphatic heterocycles. The summed E-state index contributed by atoms with van der Waals surface area (Å²) in [5, 5.41) is 0. The van der Waals surface area contributed by atoms with Gasteiger partial charge in [-0.3, -0.25) is 11.3 Å². The van der Waals surface area contributed by atoms with Gasteiger partial charge in [0.05, 0.1) is 0 Å². The molecule has 0 spiro atoms. The van der Waals surface area contributed by atoms with Crippen LogP contribution in [0.25, 0.3) is 0 Å². The van der Waals surface area contributed by atoms with Crippen molar-refractivity contribution in [2.45, 2.75) is 50.0 Å². The van der Waals surface area contributed by atoms with Gasteiger partial charge in [-0.15, -0.1) is 0 Å². The molecule has 0 heterocycles. The minimum atomic E-state index is 0.339. The van der Waals surface area contributed by atoms with Crippen molar-refractivity contribution >= 4 is 0 Å². The number of hydrogen-bond donors (Lipinski definition) is 2. The molecule has 0 aromatic heterocycles. The highest BCUT2D eigenvalue weighted by Gasteiger charge is 2.50. The van der Waals surface area contributed by atoms with Crippen LogP contribution >= 0.6 is 0 Å². The van der Waals surface area contributed by atoms with E-state index in [1.807, 2.05) is 0 Å². The normalized spacial score (nSPS) is 24.1. The van der Waals surface area contributed by atoms with Gasteiger partial charge in [0.2, 0.25) is 0 Å². The topological polar surface area (TPSA) is 38.0 Å². The summed E-state index contributed by atoms with van der Waals surface area (Å²) in [5.41, 5.74) is 4.92. The lowest BCUT2D eigenvalue weighted by atomic mass is 9.76. The molecule has 1 aromatic rings. The standard InChI is InChI=1S/C15H22N2/c16-17-14(11-12-5-4-6-12)15(9-10-15)13-7-2-1-3-8-13/h1-3,7-8,12,14,17H,4-6,9-11,16H2. The van der Waals surface area contributed by atoms with Crippen molar-refractivity contribution in [1.82, 2.24) is 5.43 Å². The molecule has 0 amide bonds. The molecule has 0 radical (unpaired) electrons. The Hall–Kier alpha value is -0.860. The van der Waals surface area contributed by atoms with Crippen molar-refractivity contribution in [3.63, 3.8) is 0 Å². The summed E-state index contributed by atoms with van der Waals surface area (Å²) >= 11 is 0. The molecule has 2 aliphatic carbocycles. The van der Waals surface area contributed by atoms with E-state index in [4.69, 9.17) is 5.84 Å². The number of nitrogens with one attached hydrogen (secondary N) is 1. The lowest BCUT2D eigenvalue weighted by molar-refractivity contribution is 0.238. The van der Waals surface area contributed by atoms with E-state index in [0.29, 0.717) is 11.5 Å². The first-order valence-electron chi connectivity index (χ1n) is 6.87. The second-order valence-corrected chi connectivity index (χ2v) is 5.77. The predicted octanol–water partition coefficient (Wildman–Crippen LogP) is 2.74. The van der Waals surface area contributed by atoms with Gasteiger partial charge in [-0.1, -0.05) is 49.6 Å². The van der Waals surface area contributed by atoms with Gasteiger partial charge in [-0.25, -0.2) is 0 Å². The van der Waals surface area contributed by atoms with E-state index in [-0.39, 0.29) is 0 Å². The van der Waals surface area contributed by atoms with E-state index in [0.717, 1.165) is 5.92 Å². The number of benzene rings is 1. The quantitative estimate of drug-likeness (QED) is 0.603. The van der Waals surface area contributed by atoms with Gasteiger partial charge in [0.15, 0.2) is 0 Å². The van der Waals surface area contributed by atoms with Gasteiger partial charge in [0.1, 0.15) is 0 Å². The Labute approximate surface area is 104 Å². The highest BCUT2D eigenvalue weighted by atomic mass is 15.2. The Morgan fingerprint density at radius 1 is 1.24 bits per heavy atom. The average molecular weight is 230 g/mol. The summed E-state index contributed by atoms with van der Waals surface area (Å²) in [6.45, 7) is 0. The van der Waals surface area contributed by atoms with Gasteiger partial charge < -0.3 is 0 Å². The van der Waals surface area contributed by atoms with Crippen LogP contribution in [-0.2, 0) is 5.41 Å². The molecule has 2 fully saturated rings. The van der Waals surface area contributed by atoms with E-state index < -0.39 is 0 Å². The van der Waals surface area contributed by atoms with Crippen LogP contribution < -0.4 is 11.3 Å². The molecule has 1 unspecified atom stereocenters. The molecule has 3 rings (SSSR count). The number of hydrogen-bond acceptors (Lipinski definition) is 2. The summed E-state index contributed by atoms with van der Waals surface area (Å²) in [5.74, 6) is 6.73. The SMILES string of the molecule is NNC(CC1CCC1)C1(c2ccccc2)CC1. The van der Waals surface area contributed by atoms with Crippen molar-refractivity contribution in [2.75, 3.05) is 0 Å². The monoisotopic (exact) mass is 230 g/mol. The summed E-state index contributed by atoms with van der Waals surface area (Å²) < 4.78 is 0. The molecule has 2 nitrogen and oxygen atoms in total. The molecule has 0 bridgehead atoms. The molecule has 1 atom stereocenters. The summed E-state index contributed by atoms with van der Waals surface area (Å²) in [7, 11) is 0. The summed E-state index contributed by atoms with van der Waals surface area (Å²) in [6, 6.07) is 11.4. The van der Waals surface area contributed by atoms with Crippen LogP contribution in [-0.4, -0.2) is 6.04 Å². The maximum atomic E-state index is 5.81. The van der Waals surface area contributed by atoms with Crippen molar-refractivity contribution in [2.24, 2.45) is 11.8 Å². The number of hydrazine groups is 1. The fourth-order valence-corrected chi connectivity index (χ4v) is 3.26. The molecule has 2 saturated carbocycles. The van der Waals surface area contributed by atoms with Crippen molar-refractivity contribution in [3.8, 4) is 0 Å². The van der Waals surface area contributed by atoms with Crippen LogP contribution in [0.15, 0.2) is 30.3 Å². The Kier molecular flexibility index (Phi) is 2.93. The van der Waals surface area contributed by atoms with Crippen LogP contribution in [0.3, 0.4) is 0 Å². The van der Waals surface area contributed by atoms with E-state index in [1.54, 1.807) is 0 Å². The van der Waals surface area contributed by atoms with Crippen molar-refractivity contribution in [1.29, 1.82) is 0 Å². The molecule has 92 valence electrons. The lowest BCUT2D eigenvalue weighted by Gasteiger charge is -2.34. The molecule has 3 N–H and O–H groups in total. The second-order valence-electron chi connectivity index (χ2n) is 5.77. The van der Waals surface area contributed by atoms with Gasteiger partial charge >= 0.3 is 0 Å². The number of rotatable bonds is 5. The molecule has 2 heteroatoms. The average Bonchev–Trinajstić information content (AvgIpc) is 3.11. The van der Waals surface area contributed by atoms with Crippen molar-refractivity contribution in [3.05, 3.63) is 35.9 Å². The smallest absolute Gasteiger partial charge is 0.0310 e. The second kappa shape index (κ2) is 4.43. The molecular weight excluding hydrogens is 208 g/mol. The van der Waals surface area contributed by atoms with Gasteiger partial charge in [-0.2, -0.15) is 0 Å². The van der Waals surface area contributed by atoms with E-state index in [1.165, 1.54) is 44.1 Å². The first kappa shape index (κ1) is 11.2. The van der Waals surface area contributed by atoms with Gasteiger partial charge in [0.25, 0.3) is 0 Å². The lowest BCUT2D eigenvalue weighted by Crippen LogP contribution is -2.46. The van der Waals surface area contributed by atoms with E-state index in [9.17, 15) is 0 Å². The largest absolute Gasteiger partial charge is 0.271 e. The van der Waals surface area contributed by atoms with Crippen LogP contribution in [0.5, 0.6) is 0 Å². The van der Waals surface area contributed by atoms with Gasteiger partial charge in [0, 0.05) is 11.5 Å². The third-order valence-electron chi connectivity index (χ3n) is 4.80. The zero-order chi connectivity index (χ0) is 11.7. The highest BCUT2D eigenvalue weighted by molar-refractivity contribution is 5.33. The van der Waals surface area contributed by atoms with Crippen LogP contribution in [0, 0.1) is 5.92 Å². The predicted molar refractivity (Wildman–Crippen MR) is 70.4 cm³/mol. The maximum absolute atomic E-state index is 5.81. The van der Waals surface area contributed by atoms with Crippen molar-refractivity contribution < 1.29 is 0 Å². The minimum Gasteiger partial charge on any atom is -0.271 e. The first-order chi connectivity index (χ1) is 8.35. The Bertz CT molecular complexity index is 366. The highest BCUT2D eigenvalue weighted by Crippen LogP contribution is 2.53. The zero-order valence-corrected chi connectivity index (χ0v) is 10.4. The fraction of sp³-hybridized carbons (Fsp3) is 0.600. The molecule has 1 aromatic carbocycles. The molecule has 0 saturated heterocycles. The zero-order valence-electron chi connectivity index (χ0n) is 10.4. The summed E-state index contributed by atoms with van der Waals surface area (Å²) in [6.07, 6.45) is 8.06. The molecular formula is C15H22N2. The Morgan fingerprint density at radius 3 is 2.41 bits per heavy atom. The Balaban J connectivity index is 1.76. The van der Waals surface area contributed by atoms with Crippen LogP contribution in [0.1, 0.15) is 44.1 Å². The number of nitrogens with two attached hydrogens (primary N) is 1. The van der Waals surface area contributed by atoms with Crippen LogP contribution in [0.2, 0.25) is 0 Å².